The van der Waals surface area contributed by atoms with Crippen LogP contribution in [0.15, 0.2) is 35.8 Å². The molecule has 3 aromatic heterocycles. The second-order valence-corrected chi connectivity index (χ2v) is 22.6. The van der Waals surface area contributed by atoms with E-state index in [-0.39, 0.29) is 41.8 Å². The number of thiazole rings is 1. The fourth-order valence-electron chi connectivity index (χ4n) is 11.5. The SMILES string of the molecule is CCO[C@@H]1c2nc(cs2)-c2ccc3c(c2)c(c(-c2cc(N4CCN(C)CC4)cnc2[C@H](C)OC)n3CC)CC(C)(C)COC(=O)[C@@H]2CCCN(N2)C(=O)C12C1[Si]C12C(=O)C1[C@@H](C)[C@H]1C. The highest BCUT2D eigenvalue weighted by Crippen LogP contribution is 2.98. The van der Waals surface area contributed by atoms with Gasteiger partial charge in [-0.2, -0.15) is 0 Å². The molecule has 4 unspecified atom stereocenters. The molecule has 3 saturated heterocycles. The minimum Gasteiger partial charge on any atom is -0.464 e. The Labute approximate surface area is 383 Å². The Morgan fingerprint density at radius 3 is 2.55 bits per heavy atom. The summed E-state index contributed by atoms with van der Waals surface area (Å²) in [5.41, 5.74) is 9.76. The molecule has 1 amide bonds. The number of likely N-dealkylation sites (N-methyl/N-ethyl adjacent to an activating group) is 1. The molecule has 13 nitrogen and oxygen atoms in total. The van der Waals surface area contributed by atoms with Crippen LogP contribution in [0.1, 0.15) is 89.8 Å². The molecule has 1 aromatic carbocycles. The molecule has 2 aliphatic carbocycles. The van der Waals surface area contributed by atoms with E-state index >= 15 is 4.79 Å². The van der Waals surface area contributed by atoms with Crippen LogP contribution in [0, 0.1) is 28.6 Å². The minimum absolute atomic E-state index is 0.0488. The van der Waals surface area contributed by atoms with Crippen LogP contribution >= 0.6 is 11.3 Å². The maximum Gasteiger partial charge on any atom is 0.324 e. The van der Waals surface area contributed by atoms with Crippen LogP contribution in [0.25, 0.3) is 33.4 Å². The second kappa shape index (κ2) is 16.1. The Bertz CT molecular complexity index is 2510. The third kappa shape index (κ3) is 6.76. The van der Waals surface area contributed by atoms with Crippen molar-refractivity contribution < 1.29 is 28.6 Å². The van der Waals surface area contributed by atoms with Crippen molar-refractivity contribution >= 4 is 55.1 Å². The van der Waals surface area contributed by atoms with Crippen molar-refractivity contribution in [2.75, 3.05) is 65.0 Å². The van der Waals surface area contributed by atoms with E-state index in [2.05, 4.69) is 98.0 Å². The van der Waals surface area contributed by atoms with Gasteiger partial charge >= 0.3 is 5.97 Å². The monoisotopic (exact) mass is 905 g/mol. The molecule has 7 heterocycles. The number of fused-ring (bicyclic) bond motifs is 9. The first kappa shape index (κ1) is 43.9. The maximum absolute atomic E-state index is 15.3. The number of ether oxygens (including phenoxy) is 3. The average molecular weight is 906 g/mol. The predicted octanol–water partition coefficient (Wildman–Crippen LogP) is 7.14. The number of aromatic nitrogens is 3. The molecule has 1 spiro atoms. The van der Waals surface area contributed by atoms with Gasteiger partial charge in [0.2, 0.25) is 5.91 Å². The van der Waals surface area contributed by atoms with E-state index in [1.54, 1.807) is 12.1 Å². The zero-order valence-electron chi connectivity index (χ0n) is 38.8. The molecule has 340 valence electrons. The Hall–Kier alpha value is -3.99. The molecule has 9 atom stereocenters. The topological polar surface area (TPSA) is 131 Å². The zero-order valence-corrected chi connectivity index (χ0v) is 40.6. The molecule has 2 saturated carbocycles. The van der Waals surface area contributed by atoms with Gasteiger partial charge in [-0.3, -0.25) is 24.4 Å². The fraction of sp³-hybridized carbons (Fsp3) is 0.612. The van der Waals surface area contributed by atoms with Crippen molar-refractivity contribution in [3.05, 3.63) is 52.1 Å². The quantitative estimate of drug-likeness (QED) is 0.136. The van der Waals surface area contributed by atoms with E-state index in [0.717, 1.165) is 83.1 Å². The smallest absolute Gasteiger partial charge is 0.324 e. The summed E-state index contributed by atoms with van der Waals surface area (Å²) in [4.78, 5) is 59.3. The van der Waals surface area contributed by atoms with Gasteiger partial charge in [-0.25, -0.2) is 10.4 Å². The number of cyclic esters (lactones) is 1. The van der Waals surface area contributed by atoms with Gasteiger partial charge in [-0.15, -0.1) is 11.3 Å². The van der Waals surface area contributed by atoms with Gasteiger partial charge in [0, 0.05) is 96.8 Å². The van der Waals surface area contributed by atoms with Crippen molar-refractivity contribution in [3.8, 4) is 22.5 Å². The summed E-state index contributed by atoms with van der Waals surface area (Å²) in [5.74, 6) is 0.218. The van der Waals surface area contributed by atoms with Crippen LogP contribution < -0.4 is 10.3 Å². The van der Waals surface area contributed by atoms with Crippen molar-refractivity contribution in [1.29, 1.82) is 0 Å². The van der Waals surface area contributed by atoms with E-state index < -0.39 is 28.0 Å². The lowest BCUT2D eigenvalue weighted by molar-refractivity contribution is -0.160. The molecule has 1 N–H and O–H groups in total. The first-order valence-electron chi connectivity index (χ1n) is 23.5. The number of rotatable bonds is 9. The summed E-state index contributed by atoms with van der Waals surface area (Å²) in [6, 6.07) is 8.22. The highest BCUT2D eigenvalue weighted by molar-refractivity contribution is 7.10. The first-order valence-corrected chi connectivity index (χ1v) is 25.4. The summed E-state index contributed by atoms with van der Waals surface area (Å²) in [6.07, 6.45) is 2.82. The van der Waals surface area contributed by atoms with E-state index in [4.69, 9.17) is 24.2 Å². The molecule has 6 aliphatic rings. The number of nitrogens with zero attached hydrogens (tertiary/aromatic N) is 6. The van der Waals surface area contributed by atoms with Gasteiger partial charge in [0.1, 0.15) is 22.9 Å². The Morgan fingerprint density at radius 2 is 1.86 bits per heavy atom. The standard InChI is InChI=1S/C49H63N7O6SSi/c1-10-55-37-15-14-30-21-32(37)34(40(55)33-22-31(24-50-39(33)29(5)60-9)54-19-17-53(8)18-20-54)23-47(6,7)26-62-44(58)35-13-12-16-56(52-35)46(59)48(42(61-11-2)43-51-36(30)25-63-43)45-49(48,64-45)41(57)38-27(3)28(38)4/h14-15,21-22,24-25,27-29,35,38,42,45,52H,10-13,16-20,23,26H2,1-9H3/t27-,28+,29-,35-,38?,42+,45?,48?,49?/m0/s1. The van der Waals surface area contributed by atoms with Gasteiger partial charge in [0.15, 0.2) is 0 Å². The number of ketones is 1. The van der Waals surface area contributed by atoms with Crippen molar-refractivity contribution in [3.63, 3.8) is 0 Å². The number of carbonyl (C=O) groups is 3. The van der Waals surface area contributed by atoms with Gasteiger partial charge in [-0.05, 0) is 88.2 Å². The van der Waals surface area contributed by atoms with Crippen molar-refractivity contribution in [2.24, 2.45) is 28.6 Å². The predicted molar refractivity (Wildman–Crippen MR) is 249 cm³/mol. The van der Waals surface area contributed by atoms with E-state index in [0.29, 0.717) is 58.8 Å². The summed E-state index contributed by atoms with van der Waals surface area (Å²) in [7, 11) is 4.28. The van der Waals surface area contributed by atoms with E-state index in [1.807, 2.05) is 13.1 Å². The number of hydrogen-bond acceptors (Lipinski definition) is 12. The van der Waals surface area contributed by atoms with Crippen LogP contribution in [0.2, 0.25) is 10.6 Å². The largest absolute Gasteiger partial charge is 0.464 e. The van der Waals surface area contributed by atoms with Crippen molar-refractivity contribution in [1.82, 2.24) is 29.9 Å². The molecule has 15 heteroatoms. The Balaban J connectivity index is 1.14. The number of amides is 1. The molecule has 4 aliphatic heterocycles. The number of hydrazine groups is 1. The van der Waals surface area contributed by atoms with E-state index in [1.165, 1.54) is 11.3 Å². The maximum atomic E-state index is 15.3. The van der Waals surface area contributed by atoms with Crippen LogP contribution in [0.4, 0.5) is 5.69 Å². The molecule has 2 radical (unpaired) electrons. The van der Waals surface area contributed by atoms with Crippen molar-refractivity contribution in [2.45, 2.75) is 103 Å². The summed E-state index contributed by atoms with van der Waals surface area (Å²) in [6.45, 7) is 20.3. The third-order valence-electron chi connectivity index (χ3n) is 15.6. The molecule has 4 aromatic rings. The molecular formula is C49H63N7O6SSi. The van der Waals surface area contributed by atoms with Gasteiger partial charge in [0.25, 0.3) is 0 Å². The number of anilines is 1. The molecule has 64 heavy (non-hydrogen) atoms. The Morgan fingerprint density at radius 1 is 1.09 bits per heavy atom. The number of benzene rings is 1. The number of Topliss-reactive ketones (excluding diaryl/α,β-unsaturated/α-hetero) is 1. The molecule has 10 rings (SSSR count). The number of hydrogen-bond donors (Lipinski definition) is 1. The summed E-state index contributed by atoms with van der Waals surface area (Å²) in [5, 5.41) is 4.75. The summed E-state index contributed by atoms with van der Waals surface area (Å²) < 4.78 is 21.3. The number of carbonyl (C=O) groups excluding carboxylic acids is 3. The second-order valence-electron chi connectivity index (χ2n) is 20.1. The molecule has 6 bridgehead atoms. The zero-order chi connectivity index (χ0) is 45.0. The number of esters is 1. The van der Waals surface area contributed by atoms with Gasteiger partial charge < -0.3 is 28.6 Å². The third-order valence-corrected chi connectivity index (χ3v) is 18.8. The normalized spacial score (nSPS) is 31.7. The van der Waals surface area contributed by atoms with Crippen LogP contribution in [-0.4, -0.2) is 118 Å². The lowest BCUT2D eigenvalue weighted by Crippen LogP contribution is -2.59. The molecule has 5 fully saturated rings. The van der Waals surface area contributed by atoms with Gasteiger partial charge in [-0.1, -0.05) is 33.8 Å². The van der Waals surface area contributed by atoms with Crippen LogP contribution in [0.5, 0.6) is 0 Å². The number of nitrogens with one attached hydrogen (secondary N) is 1. The van der Waals surface area contributed by atoms with Crippen LogP contribution in [-0.2, 0) is 41.6 Å². The Kier molecular flexibility index (Phi) is 11.0. The lowest BCUT2D eigenvalue weighted by atomic mass is 9.84. The average Bonchev–Trinajstić information content (AvgIpc) is 4.20. The lowest BCUT2D eigenvalue weighted by Gasteiger charge is -2.40. The first-order chi connectivity index (χ1) is 30.7. The van der Waals surface area contributed by atoms with Crippen LogP contribution in [0.3, 0.4) is 0 Å². The number of aryl methyl sites for hydroxylation is 1. The van der Waals surface area contributed by atoms with Gasteiger partial charge in [0.05, 0.1) is 56.6 Å². The highest BCUT2D eigenvalue weighted by atomic mass is 32.1. The van der Waals surface area contributed by atoms with E-state index in [9.17, 15) is 9.59 Å². The number of pyridine rings is 1. The summed E-state index contributed by atoms with van der Waals surface area (Å²) >= 11 is 1.50. The highest BCUT2D eigenvalue weighted by Gasteiger charge is 2.99. The fourth-order valence-corrected chi connectivity index (χ4v) is 14.7. The molecular weight excluding hydrogens is 843 g/mol. The number of methoxy groups -OCH3 is 1. The number of piperazine rings is 1. The minimum atomic E-state index is -1.09.